The standard InChI is InChI=1S/C21H22N4O3S/c1-3-25(13-19(26)23-16-7-4-8-18(10-16)28-2)20(27)11-17-14-29-21(24-17)15-6-5-9-22-12-15/h4-10,12,14H,3,11,13H2,1-2H3,(H,23,26). The molecule has 0 aliphatic rings. The van der Waals surface area contributed by atoms with E-state index in [0.717, 1.165) is 10.6 Å². The lowest BCUT2D eigenvalue weighted by atomic mass is 10.2. The molecule has 8 heteroatoms. The number of hydrogen-bond acceptors (Lipinski definition) is 6. The predicted molar refractivity (Wildman–Crippen MR) is 113 cm³/mol. The van der Waals surface area contributed by atoms with Gasteiger partial charge in [0.1, 0.15) is 10.8 Å². The molecule has 1 aromatic carbocycles. The number of likely N-dealkylation sites (N-methyl/N-ethyl adjacent to an activating group) is 1. The van der Waals surface area contributed by atoms with E-state index in [1.807, 2.05) is 24.4 Å². The molecule has 150 valence electrons. The zero-order valence-corrected chi connectivity index (χ0v) is 17.1. The lowest BCUT2D eigenvalue weighted by Gasteiger charge is -2.20. The van der Waals surface area contributed by atoms with Crippen LogP contribution in [0.25, 0.3) is 10.6 Å². The third-order valence-electron chi connectivity index (χ3n) is 4.21. The van der Waals surface area contributed by atoms with Gasteiger partial charge in [0.2, 0.25) is 11.8 Å². The number of thiazole rings is 1. The van der Waals surface area contributed by atoms with E-state index >= 15 is 0 Å². The number of methoxy groups -OCH3 is 1. The molecule has 3 rings (SSSR count). The number of nitrogens with one attached hydrogen (secondary N) is 1. The van der Waals surface area contributed by atoms with Crippen LogP contribution in [-0.4, -0.2) is 46.9 Å². The Kier molecular flexibility index (Phi) is 6.91. The number of ether oxygens (including phenoxy) is 1. The zero-order chi connectivity index (χ0) is 20.6. The zero-order valence-electron chi connectivity index (χ0n) is 16.3. The fourth-order valence-electron chi connectivity index (χ4n) is 2.73. The molecule has 3 aromatic rings. The van der Waals surface area contributed by atoms with Crippen molar-refractivity contribution >= 4 is 28.8 Å². The number of aromatic nitrogens is 2. The average Bonchev–Trinajstić information content (AvgIpc) is 3.21. The Morgan fingerprint density at radius 3 is 2.83 bits per heavy atom. The van der Waals surface area contributed by atoms with Gasteiger partial charge in [0.05, 0.1) is 25.8 Å². The van der Waals surface area contributed by atoms with E-state index in [1.165, 1.54) is 16.2 Å². The van der Waals surface area contributed by atoms with Crippen molar-refractivity contribution in [1.82, 2.24) is 14.9 Å². The molecule has 0 radical (unpaired) electrons. The normalized spacial score (nSPS) is 10.4. The van der Waals surface area contributed by atoms with Gasteiger partial charge < -0.3 is 15.0 Å². The van der Waals surface area contributed by atoms with E-state index < -0.39 is 0 Å². The van der Waals surface area contributed by atoms with Crippen molar-refractivity contribution < 1.29 is 14.3 Å². The van der Waals surface area contributed by atoms with Gasteiger partial charge >= 0.3 is 0 Å². The average molecular weight is 410 g/mol. The maximum Gasteiger partial charge on any atom is 0.243 e. The summed E-state index contributed by atoms with van der Waals surface area (Å²) in [7, 11) is 1.57. The highest BCUT2D eigenvalue weighted by Crippen LogP contribution is 2.23. The summed E-state index contributed by atoms with van der Waals surface area (Å²) in [6.45, 7) is 2.26. The number of benzene rings is 1. The fourth-order valence-corrected chi connectivity index (χ4v) is 3.54. The van der Waals surface area contributed by atoms with Crippen LogP contribution in [0.2, 0.25) is 0 Å². The summed E-state index contributed by atoms with van der Waals surface area (Å²) in [6.07, 6.45) is 3.60. The first-order valence-electron chi connectivity index (χ1n) is 9.15. The van der Waals surface area contributed by atoms with Crippen LogP contribution in [0.15, 0.2) is 54.2 Å². The Balaban J connectivity index is 1.58. The number of hydrogen-bond donors (Lipinski definition) is 1. The number of anilines is 1. The predicted octanol–water partition coefficient (Wildman–Crippen LogP) is 3.24. The van der Waals surface area contributed by atoms with E-state index in [-0.39, 0.29) is 24.8 Å². The Morgan fingerprint density at radius 1 is 1.24 bits per heavy atom. The molecular formula is C21H22N4O3S. The van der Waals surface area contributed by atoms with E-state index in [2.05, 4.69) is 15.3 Å². The van der Waals surface area contributed by atoms with Crippen LogP contribution < -0.4 is 10.1 Å². The molecule has 0 bridgehead atoms. The molecule has 29 heavy (non-hydrogen) atoms. The molecule has 0 fully saturated rings. The Hall–Kier alpha value is -3.26. The van der Waals surface area contributed by atoms with Gasteiger partial charge in [-0.1, -0.05) is 6.07 Å². The molecule has 0 spiro atoms. The minimum absolute atomic E-state index is 0.0217. The van der Waals surface area contributed by atoms with Crippen molar-refractivity contribution in [3.63, 3.8) is 0 Å². The second kappa shape index (κ2) is 9.79. The van der Waals surface area contributed by atoms with Crippen LogP contribution >= 0.6 is 11.3 Å². The second-order valence-electron chi connectivity index (χ2n) is 6.25. The topological polar surface area (TPSA) is 84.4 Å². The number of pyridine rings is 1. The van der Waals surface area contributed by atoms with Gasteiger partial charge in [0.15, 0.2) is 0 Å². The van der Waals surface area contributed by atoms with Crippen molar-refractivity contribution in [2.45, 2.75) is 13.3 Å². The van der Waals surface area contributed by atoms with Crippen LogP contribution in [0.5, 0.6) is 5.75 Å². The molecule has 2 aromatic heterocycles. The number of nitrogens with zero attached hydrogens (tertiary/aromatic N) is 3. The van der Waals surface area contributed by atoms with Crippen molar-refractivity contribution in [2.24, 2.45) is 0 Å². The van der Waals surface area contributed by atoms with Gasteiger partial charge in [-0.15, -0.1) is 11.3 Å². The maximum absolute atomic E-state index is 12.7. The molecule has 0 saturated carbocycles. The smallest absolute Gasteiger partial charge is 0.243 e. The monoisotopic (exact) mass is 410 g/mol. The van der Waals surface area contributed by atoms with Crippen molar-refractivity contribution in [3.05, 3.63) is 59.9 Å². The third kappa shape index (κ3) is 5.61. The van der Waals surface area contributed by atoms with Crippen molar-refractivity contribution in [2.75, 3.05) is 25.5 Å². The summed E-state index contributed by atoms with van der Waals surface area (Å²) < 4.78 is 5.15. The van der Waals surface area contributed by atoms with Gasteiger partial charge in [-0.2, -0.15) is 0 Å². The SMILES string of the molecule is CCN(CC(=O)Nc1cccc(OC)c1)C(=O)Cc1csc(-c2cccnc2)n1. The first kappa shape index (κ1) is 20.5. The molecule has 2 amide bonds. The van der Waals surface area contributed by atoms with E-state index in [1.54, 1.807) is 43.8 Å². The number of amides is 2. The summed E-state index contributed by atoms with van der Waals surface area (Å²) in [5.74, 6) is 0.248. The highest BCUT2D eigenvalue weighted by Gasteiger charge is 2.18. The number of carbonyl (C=O) groups excluding carboxylic acids is 2. The summed E-state index contributed by atoms with van der Waals surface area (Å²) in [5, 5.41) is 5.48. The molecule has 0 atom stereocenters. The minimum atomic E-state index is -0.261. The van der Waals surface area contributed by atoms with Crippen LogP contribution in [0.3, 0.4) is 0 Å². The molecule has 0 aliphatic carbocycles. The van der Waals surface area contributed by atoms with Gasteiger partial charge in [0.25, 0.3) is 0 Å². The minimum Gasteiger partial charge on any atom is -0.497 e. The molecule has 0 saturated heterocycles. The number of rotatable bonds is 8. The van der Waals surface area contributed by atoms with Crippen molar-refractivity contribution in [3.8, 4) is 16.3 Å². The molecular weight excluding hydrogens is 388 g/mol. The van der Waals surface area contributed by atoms with E-state index in [4.69, 9.17) is 4.74 Å². The Labute approximate surface area is 173 Å². The van der Waals surface area contributed by atoms with Gasteiger partial charge in [-0.25, -0.2) is 4.98 Å². The van der Waals surface area contributed by atoms with Crippen LogP contribution in [0, 0.1) is 0 Å². The van der Waals surface area contributed by atoms with Crippen LogP contribution in [0.1, 0.15) is 12.6 Å². The van der Waals surface area contributed by atoms with Crippen LogP contribution in [-0.2, 0) is 16.0 Å². The quantitative estimate of drug-likeness (QED) is 0.616. The Bertz CT molecular complexity index is 975. The summed E-state index contributed by atoms with van der Waals surface area (Å²) in [6, 6.07) is 10.9. The fraction of sp³-hybridized carbons (Fsp3) is 0.238. The van der Waals surface area contributed by atoms with E-state index in [9.17, 15) is 9.59 Å². The summed E-state index contributed by atoms with van der Waals surface area (Å²) in [5.41, 5.74) is 2.23. The van der Waals surface area contributed by atoms with Gasteiger partial charge in [-0.3, -0.25) is 14.6 Å². The van der Waals surface area contributed by atoms with Gasteiger partial charge in [-0.05, 0) is 31.2 Å². The first-order valence-corrected chi connectivity index (χ1v) is 10.0. The Morgan fingerprint density at radius 2 is 2.10 bits per heavy atom. The number of carbonyl (C=O) groups is 2. The molecule has 2 heterocycles. The maximum atomic E-state index is 12.7. The lowest BCUT2D eigenvalue weighted by Crippen LogP contribution is -2.38. The third-order valence-corrected chi connectivity index (χ3v) is 5.16. The van der Waals surface area contributed by atoms with Gasteiger partial charge in [0, 0.05) is 41.6 Å². The van der Waals surface area contributed by atoms with Crippen LogP contribution in [0.4, 0.5) is 5.69 Å². The molecule has 0 aliphatic heterocycles. The lowest BCUT2D eigenvalue weighted by molar-refractivity contribution is -0.133. The van der Waals surface area contributed by atoms with Crippen molar-refractivity contribution in [1.29, 1.82) is 0 Å². The highest BCUT2D eigenvalue weighted by atomic mass is 32.1. The highest BCUT2D eigenvalue weighted by molar-refractivity contribution is 7.13. The molecule has 0 unspecified atom stereocenters. The second-order valence-corrected chi connectivity index (χ2v) is 7.11. The largest absolute Gasteiger partial charge is 0.497 e. The first-order chi connectivity index (χ1) is 14.1. The summed E-state index contributed by atoms with van der Waals surface area (Å²) >= 11 is 1.47. The van der Waals surface area contributed by atoms with E-state index in [0.29, 0.717) is 23.7 Å². The molecule has 7 nitrogen and oxygen atoms in total. The summed E-state index contributed by atoms with van der Waals surface area (Å²) in [4.78, 5) is 35.1. The molecule has 1 N–H and O–H groups in total.